The van der Waals surface area contributed by atoms with E-state index in [1.807, 2.05) is 24.3 Å². The predicted molar refractivity (Wildman–Crippen MR) is 139 cm³/mol. The SMILES string of the molecule is O=C(NC1CCc2cc(C[C@@H]3NC3CC3CCCO3)ccc2C1)c1ccc(OCC2CCCO2)cc1. The number of aryl methyl sites for hydroxylation is 1. The van der Waals surface area contributed by atoms with Gasteiger partial charge in [0.15, 0.2) is 0 Å². The maximum Gasteiger partial charge on any atom is 0.251 e. The van der Waals surface area contributed by atoms with Gasteiger partial charge in [-0.05, 0) is 98.7 Å². The highest BCUT2D eigenvalue weighted by Crippen LogP contribution is 2.28. The minimum atomic E-state index is -0.0113. The first kappa shape index (κ1) is 24.0. The van der Waals surface area contributed by atoms with Gasteiger partial charge in [-0.15, -0.1) is 0 Å². The molecule has 0 bridgehead atoms. The zero-order chi connectivity index (χ0) is 24.3. The number of carbonyl (C=O) groups excluding carboxylic acids is 1. The van der Waals surface area contributed by atoms with Gasteiger partial charge < -0.3 is 24.8 Å². The van der Waals surface area contributed by atoms with Crippen molar-refractivity contribution in [3.8, 4) is 5.75 Å². The molecule has 0 saturated carbocycles. The summed E-state index contributed by atoms with van der Waals surface area (Å²) in [6.07, 6.45) is 10.4. The maximum absolute atomic E-state index is 12.9. The van der Waals surface area contributed by atoms with Crippen LogP contribution in [0.5, 0.6) is 5.75 Å². The molecule has 2 aromatic carbocycles. The fraction of sp³-hybridized carbons (Fsp3) is 0.567. The van der Waals surface area contributed by atoms with Crippen LogP contribution < -0.4 is 15.4 Å². The van der Waals surface area contributed by atoms with Crippen molar-refractivity contribution in [1.82, 2.24) is 10.6 Å². The van der Waals surface area contributed by atoms with Crippen molar-refractivity contribution in [2.75, 3.05) is 19.8 Å². The van der Waals surface area contributed by atoms with Gasteiger partial charge in [0.1, 0.15) is 12.4 Å². The average molecular weight is 491 g/mol. The second kappa shape index (κ2) is 10.9. The number of fused-ring (bicyclic) bond motifs is 1. The van der Waals surface area contributed by atoms with Crippen LogP contribution >= 0.6 is 0 Å². The Morgan fingerprint density at radius 1 is 0.944 bits per heavy atom. The van der Waals surface area contributed by atoms with Gasteiger partial charge in [-0.25, -0.2) is 0 Å². The van der Waals surface area contributed by atoms with Crippen LogP contribution in [0.2, 0.25) is 0 Å². The summed E-state index contributed by atoms with van der Waals surface area (Å²) in [5, 5.41) is 6.90. The number of carbonyl (C=O) groups is 1. The van der Waals surface area contributed by atoms with Crippen molar-refractivity contribution in [3.05, 3.63) is 64.7 Å². The van der Waals surface area contributed by atoms with Gasteiger partial charge in [0, 0.05) is 36.9 Å². The van der Waals surface area contributed by atoms with Crippen LogP contribution in [0.15, 0.2) is 42.5 Å². The summed E-state index contributed by atoms with van der Waals surface area (Å²) in [6.45, 7) is 2.34. The number of ether oxygens (including phenoxy) is 3. The molecule has 6 rings (SSSR count). The summed E-state index contributed by atoms with van der Waals surface area (Å²) >= 11 is 0. The molecule has 1 amide bonds. The van der Waals surface area contributed by atoms with Crippen molar-refractivity contribution in [2.45, 2.75) is 88.1 Å². The Kier molecular flexibility index (Phi) is 7.26. The van der Waals surface area contributed by atoms with Crippen LogP contribution in [0.25, 0.3) is 0 Å². The molecular formula is C30H38N2O4. The first-order valence-corrected chi connectivity index (χ1v) is 13.8. The maximum atomic E-state index is 12.9. The third-order valence-electron chi connectivity index (χ3n) is 8.21. The van der Waals surface area contributed by atoms with Crippen molar-refractivity contribution in [1.29, 1.82) is 0 Å². The molecule has 2 N–H and O–H groups in total. The lowest BCUT2D eigenvalue weighted by atomic mass is 9.86. The van der Waals surface area contributed by atoms with E-state index < -0.39 is 0 Å². The summed E-state index contributed by atoms with van der Waals surface area (Å²) in [5.41, 5.74) is 4.91. The van der Waals surface area contributed by atoms with E-state index >= 15 is 0 Å². The highest BCUT2D eigenvalue weighted by molar-refractivity contribution is 5.94. The molecule has 192 valence electrons. The Morgan fingerprint density at radius 3 is 2.53 bits per heavy atom. The van der Waals surface area contributed by atoms with Gasteiger partial charge in [0.25, 0.3) is 5.91 Å². The van der Waals surface area contributed by atoms with Crippen LogP contribution in [0, 0.1) is 0 Å². The first-order chi connectivity index (χ1) is 17.7. The van der Waals surface area contributed by atoms with Gasteiger partial charge in [-0.2, -0.15) is 0 Å². The molecule has 1 aliphatic carbocycles. The molecule has 4 aliphatic rings. The van der Waals surface area contributed by atoms with Crippen molar-refractivity contribution >= 4 is 5.91 Å². The molecule has 3 fully saturated rings. The van der Waals surface area contributed by atoms with Gasteiger partial charge in [-0.3, -0.25) is 4.79 Å². The van der Waals surface area contributed by atoms with Crippen LogP contribution in [0.4, 0.5) is 0 Å². The quantitative estimate of drug-likeness (QED) is 0.520. The Morgan fingerprint density at radius 2 is 1.75 bits per heavy atom. The predicted octanol–water partition coefficient (Wildman–Crippen LogP) is 3.98. The van der Waals surface area contributed by atoms with Crippen molar-refractivity contribution < 1.29 is 19.0 Å². The Balaban J connectivity index is 0.968. The molecule has 36 heavy (non-hydrogen) atoms. The normalized spacial score (nSPS) is 29.1. The topological polar surface area (TPSA) is 78.7 Å². The molecule has 4 unspecified atom stereocenters. The van der Waals surface area contributed by atoms with E-state index in [0.717, 1.165) is 63.9 Å². The Labute approximate surface area is 214 Å². The summed E-state index contributed by atoms with van der Waals surface area (Å²) in [5.74, 6) is 0.770. The fourth-order valence-electron chi connectivity index (χ4n) is 6.02. The third kappa shape index (κ3) is 5.93. The first-order valence-electron chi connectivity index (χ1n) is 13.8. The number of hydrogen-bond donors (Lipinski definition) is 2. The van der Waals surface area contributed by atoms with Crippen LogP contribution in [-0.4, -0.2) is 56.1 Å². The van der Waals surface area contributed by atoms with Gasteiger partial charge >= 0.3 is 0 Å². The molecule has 3 aliphatic heterocycles. The zero-order valence-corrected chi connectivity index (χ0v) is 21.0. The number of hydrogen-bond acceptors (Lipinski definition) is 5. The number of rotatable bonds is 9. The van der Waals surface area contributed by atoms with E-state index in [1.165, 1.54) is 29.5 Å². The number of benzene rings is 2. The van der Waals surface area contributed by atoms with Gasteiger partial charge in [0.05, 0.1) is 12.2 Å². The number of amides is 1. The largest absolute Gasteiger partial charge is 0.491 e. The molecule has 2 aromatic rings. The average Bonchev–Trinajstić information content (AvgIpc) is 3.27. The summed E-state index contributed by atoms with van der Waals surface area (Å²) in [7, 11) is 0. The fourth-order valence-corrected chi connectivity index (χ4v) is 6.02. The molecule has 6 nitrogen and oxygen atoms in total. The second-order valence-corrected chi connectivity index (χ2v) is 10.9. The van der Waals surface area contributed by atoms with Crippen LogP contribution in [0.1, 0.15) is 65.6 Å². The second-order valence-electron chi connectivity index (χ2n) is 10.9. The Hall–Kier alpha value is -2.41. The summed E-state index contributed by atoms with van der Waals surface area (Å²) in [6, 6.07) is 15.8. The molecule has 5 atom stereocenters. The lowest BCUT2D eigenvalue weighted by Crippen LogP contribution is -2.38. The standard InChI is InChI=1S/C30H38N2O4/c33-30(21-8-11-25(12-9-21)36-19-27-4-2-14-35-27)31-24-10-7-22-15-20(5-6-23(22)17-24)16-28-29(32-28)18-26-3-1-13-34-26/h5-6,8-9,11-12,15,24,26-29,32H,1-4,7,10,13-14,16-19H2,(H,31,33)/t24?,26?,27?,28-,29?/m0/s1. The van der Waals surface area contributed by atoms with Gasteiger partial charge in [-0.1, -0.05) is 18.2 Å². The molecule has 3 saturated heterocycles. The molecule has 0 spiro atoms. The van der Waals surface area contributed by atoms with Crippen LogP contribution in [0.3, 0.4) is 0 Å². The lowest BCUT2D eigenvalue weighted by molar-refractivity contribution is 0.0679. The van der Waals surface area contributed by atoms with Gasteiger partial charge in [0.2, 0.25) is 0 Å². The van der Waals surface area contributed by atoms with E-state index in [-0.39, 0.29) is 18.1 Å². The Bertz CT molecular complexity index is 1040. The zero-order valence-electron chi connectivity index (χ0n) is 21.0. The van der Waals surface area contributed by atoms with Crippen molar-refractivity contribution in [3.63, 3.8) is 0 Å². The lowest BCUT2D eigenvalue weighted by Gasteiger charge is -2.26. The molecule has 3 heterocycles. The molecule has 0 aromatic heterocycles. The van der Waals surface area contributed by atoms with E-state index in [9.17, 15) is 4.79 Å². The highest BCUT2D eigenvalue weighted by atomic mass is 16.5. The van der Waals surface area contributed by atoms with E-state index in [2.05, 4.69) is 28.8 Å². The summed E-state index contributed by atoms with van der Waals surface area (Å²) < 4.78 is 17.2. The van der Waals surface area contributed by atoms with E-state index in [1.54, 1.807) is 0 Å². The molecule has 0 radical (unpaired) electrons. The third-order valence-corrected chi connectivity index (χ3v) is 8.21. The van der Waals surface area contributed by atoms with E-state index in [0.29, 0.717) is 30.4 Å². The molecular weight excluding hydrogens is 452 g/mol. The monoisotopic (exact) mass is 490 g/mol. The highest BCUT2D eigenvalue weighted by Gasteiger charge is 2.38. The summed E-state index contributed by atoms with van der Waals surface area (Å²) in [4.78, 5) is 12.9. The minimum absolute atomic E-state index is 0.0113. The van der Waals surface area contributed by atoms with Crippen molar-refractivity contribution in [2.24, 2.45) is 0 Å². The minimum Gasteiger partial charge on any atom is -0.491 e. The number of nitrogens with one attached hydrogen (secondary N) is 2. The van der Waals surface area contributed by atoms with E-state index in [4.69, 9.17) is 14.2 Å². The smallest absolute Gasteiger partial charge is 0.251 e. The molecule has 6 heteroatoms. The van der Waals surface area contributed by atoms with Crippen LogP contribution in [-0.2, 0) is 28.7 Å².